The molecule has 0 bridgehead atoms. The average molecular weight is 343 g/mol. The molecule has 0 amide bonds. The van der Waals surface area contributed by atoms with Gasteiger partial charge >= 0.3 is 0 Å². The van der Waals surface area contributed by atoms with E-state index < -0.39 is 0 Å². The first-order valence-corrected chi connectivity index (χ1v) is 9.41. The Kier molecular flexibility index (Phi) is 3.76. The Morgan fingerprint density at radius 1 is 1.00 bits per heavy atom. The van der Waals surface area contributed by atoms with E-state index in [9.17, 15) is 0 Å². The first-order chi connectivity index (χ1) is 12.3. The maximum absolute atomic E-state index is 4.71. The van der Waals surface area contributed by atoms with Crippen LogP contribution < -0.4 is 4.57 Å². The van der Waals surface area contributed by atoms with Gasteiger partial charge in [0.05, 0.1) is 5.69 Å². The highest BCUT2D eigenvalue weighted by Crippen LogP contribution is 2.49. The summed E-state index contributed by atoms with van der Waals surface area (Å²) >= 11 is 0. The first kappa shape index (κ1) is 17.0. The number of aromatic nitrogens is 2. The number of hydrogen-bond donors (Lipinski definition) is 0. The quantitative estimate of drug-likeness (QED) is 0.576. The predicted octanol–water partition coefficient (Wildman–Crippen LogP) is 5.31. The normalized spacial score (nSPS) is 14.4. The van der Waals surface area contributed by atoms with Crippen LogP contribution in [0.25, 0.3) is 22.4 Å². The van der Waals surface area contributed by atoms with Crippen molar-refractivity contribution in [1.29, 1.82) is 0 Å². The zero-order valence-corrected chi connectivity index (χ0v) is 16.6. The third-order valence-electron chi connectivity index (χ3n) is 5.84. The van der Waals surface area contributed by atoms with Crippen LogP contribution in [0.5, 0.6) is 0 Å². The first-order valence-electron chi connectivity index (χ1n) is 9.41. The molecule has 0 atom stereocenters. The smallest absolute Gasteiger partial charge is 0.212 e. The van der Waals surface area contributed by atoms with E-state index in [1.807, 2.05) is 12.3 Å². The topological polar surface area (TPSA) is 16.8 Å². The number of hydrogen-bond acceptors (Lipinski definition) is 1. The van der Waals surface area contributed by atoms with Crippen LogP contribution in [0.1, 0.15) is 56.0 Å². The summed E-state index contributed by atoms with van der Waals surface area (Å²) in [6, 6.07) is 13.6. The Hall–Kier alpha value is -2.48. The van der Waals surface area contributed by atoms with Gasteiger partial charge in [0.25, 0.3) is 0 Å². The third kappa shape index (κ3) is 2.39. The van der Waals surface area contributed by atoms with Gasteiger partial charge in [0.1, 0.15) is 7.05 Å². The Morgan fingerprint density at radius 3 is 2.50 bits per heavy atom. The van der Waals surface area contributed by atoms with Gasteiger partial charge in [-0.25, -0.2) is 4.57 Å². The van der Waals surface area contributed by atoms with Gasteiger partial charge < -0.3 is 0 Å². The maximum Gasteiger partial charge on any atom is 0.212 e. The zero-order valence-electron chi connectivity index (χ0n) is 16.6. The fraction of sp³-hybridized carbons (Fsp3) is 0.333. The molecule has 0 N–H and O–H groups in total. The van der Waals surface area contributed by atoms with E-state index in [2.05, 4.69) is 82.8 Å². The lowest BCUT2D eigenvalue weighted by Crippen LogP contribution is -2.31. The molecule has 0 aliphatic heterocycles. The van der Waals surface area contributed by atoms with Gasteiger partial charge in [-0.3, -0.25) is 4.98 Å². The van der Waals surface area contributed by atoms with Crippen molar-refractivity contribution >= 4 is 0 Å². The number of aryl methyl sites for hydroxylation is 2. The van der Waals surface area contributed by atoms with Crippen molar-refractivity contribution in [1.82, 2.24) is 4.98 Å². The summed E-state index contributed by atoms with van der Waals surface area (Å²) in [4.78, 5) is 4.71. The van der Waals surface area contributed by atoms with Crippen LogP contribution in [-0.4, -0.2) is 4.98 Å². The number of fused-ring (bicyclic) bond motifs is 3. The van der Waals surface area contributed by atoms with Gasteiger partial charge in [-0.1, -0.05) is 39.8 Å². The minimum Gasteiger partial charge on any atom is -0.260 e. The van der Waals surface area contributed by atoms with E-state index in [0.29, 0.717) is 5.92 Å². The number of nitrogens with zero attached hydrogens (tertiary/aromatic N) is 2. The van der Waals surface area contributed by atoms with Crippen molar-refractivity contribution in [3.8, 4) is 22.4 Å². The molecule has 2 heteroatoms. The monoisotopic (exact) mass is 343 g/mol. The molecule has 3 aromatic rings. The minimum absolute atomic E-state index is 0.0445. The van der Waals surface area contributed by atoms with E-state index in [1.54, 1.807) is 0 Å². The summed E-state index contributed by atoms with van der Waals surface area (Å²) in [5.41, 5.74) is 10.4. The molecule has 0 spiro atoms. The molecule has 0 fully saturated rings. The Balaban J connectivity index is 1.98. The van der Waals surface area contributed by atoms with Gasteiger partial charge in [0.2, 0.25) is 5.69 Å². The second-order valence-electron chi connectivity index (χ2n) is 8.35. The van der Waals surface area contributed by atoms with E-state index in [4.69, 9.17) is 4.98 Å². The Bertz CT molecular complexity index is 1010. The molecular formula is C24H27N2+. The summed E-state index contributed by atoms with van der Waals surface area (Å²) in [5, 5.41) is 0. The summed E-state index contributed by atoms with van der Waals surface area (Å²) in [7, 11) is 2.13. The van der Waals surface area contributed by atoms with Gasteiger partial charge in [0, 0.05) is 34.9 Å². The summed E-state index contributed by atoms with van der Waals surface area (Å²) in [5.74, 6) is 0.522. The highest BCUT2D eigenvalue weighted by molar-refractivity contribution is 5.83. The number of pyridine rings is 2. The van der Waals surface area contributed by atoms with Crippen molar-refractivity contribution in [3.63, 3.8) is 0 Å². The molecular weight excluding hydrogens is 316 g/mol. The second-order valence-corrected chi connectivity index (χ2v) is 8.35. The van der Waals surface area contributed by atoms with Crippen LogP contribution in [0.2, 0.25) is 0 Å². The van der Waals surface area contributed by atoms with E-state index >= 15 is 0 Å². The van der Waals surface area contributed by atoms with Crippen LogP contribution in [-0.2, 0) is 12.5 Å². The minimum atomic E-state index is -0.0445. The predicted molar refractivity (Wildman–Crippen MR) is 107 cm³/mol. The van der Waals surface area contributed by atoms with E-state index in [-0.39, 0.29) is 5.41 Å². The standard InChI is InChI=1S/C24H27N2/c1-15(2)17-9-11-26(6)22(13-17)19-14-20-18-8-7-10-25-23(18)24(4,5)21(20)12-16(19)3/h7-15H,1-6H3/q+1. The third-order valence-corrected chi connectivity index (χ3v) is 5.84. The fourth-order valence-corrected chi connectivity index (χ4v) is 4.18. The van der Waals surface area contributed by atoms with E-state index in [1.165, 1.54) is 44.8 Å². The summed E-state index contributed by atoms with van der Waals surface area (Å²) in [6.45, 7) is 11.3. The number of rotatable bonds is 2. The van der Waals surface area contributed by atoms with Crippen molar-refractivity contribution < 1.29 is 4.57 Å². The average Bonchev–Trinajstić information content (AvgIpc) is 2.82. The van der Waals surface area contributed by atoms with Crippen LogP contribution in [0.15, 0.2) is 48.8 Å². The lowest BCUT2D eigenvalue weighted by Gasteiger charge is -2.21. The second kappa shape index (κ2) is 5.77. The lowest BCUT2D eigenvalue weighted by atomic mass is 9.83. The van der Waals surface area contributed by atoms with Crippen LogP contribution >= 0.6 is 0 Å². The molecule has 1 aliphatic carbocycles. The fourth-order valence-electron chi connectivity index (χ4n) is 4.18. The Morgan fingerprint density at radius 2 is 1.77 bits per heavy atom. The molecule has 2 nitrogen and oxygen atoms in total. The summed E-state index contributed by atoms with van der Waals surface area (Å²) in [6.07, 6.45) is 4.09. The maximum atomic E-state index is 4.71. The number of benzene rings is 1. The van der Waals surface area contributed by atoms with Gasteiger partial charge in [-0.2, -0.15) is 0 Å². The molecule has 0 radical (unpaired) electrons. The molecule has 1 aliphatic rings. The highest BCUT2D eigenvalue weighted by Gasteiger charge is 2.37. The molecule has 26 heavy (non-hydrogen) atoms. The molecule has 1 aromatic carbocycles. The molecule has 0 saturated carbocycles. The molecule has 0 unspecified atom stereocenters. The summed E-state index contributed by atoms with van der Waals surface area (Å²) < 4.78 is 2.23. The largest absolute Gasteiger partial charge is 0.260 e. The molecule has 0 saturated heterocycles. The highest BCUT2D eigenvalue weighted by atomic mass is 14.9. The zero-order chi connectivity index (χ0) is 18.6. The van der Waals surface area contributed by atoms with Crippen molar-refractivity contribution in [2.24, 2.45) is 7.05 Å². The van der Waals surface area contributed by atoms with Crippen molar-refractivity contribution in [3.05, 3.63) is 71.2 Å². The SMILES string of the molecule is Cc1cc2c(cc1-c1cc(C(C)C)cc[n+]1C)-c1cccnc1C2(C)C. The molecule has 132 valence electrons. The molecule has 4 rings (SSSR count). The van der Waals surface area contributed by atoms with Crippen molar-refractivity contribution in [2.45, 2.75) is 46.0 Å². The van der Waals surface area contributed by atoms with Crippen molar-refractivity contribution in [2.75, 3.05) is 0 Å². The molecule has 2 aromatic heterocycles. The van der Waals surface area contributed by atoms with Gasteiger partial charge in [-0.05, 0) is 47.2 Å². The van der Waals surface area contributed by atoms with Crippen LogP contribution in [0, 0.1) is 6.92 Å². The van der Waals surface area contributed by atoms with Crippen LogP contribution in [0.3, 0.4) is 0 Å². The molecule has 2 heterocycles. The van der Waals surface area contributed by atoms with E-state index in [0.717, 1.165) is 0 Å². The lowest BCUT2D eigenvalue weighted by molar-refractivity contribution is -0.660. The van der Waals surface area contributed by atoms with Gasteiger partial charge in [0.15, 0.2) is 6.20 Å². The van der Waals surface area contributed by atoms with Gasteiger partial charge in [-0.15, -0.1) is 0 Å². The Labute approximate surface area is 156 Å². The van der Waals surface area contributed by atoms with Crippen LogP contribution in [0.4, 0.5) is 0 Å².